The molecule has 1 atom stereocenters. The van der Waals surface area contributed by atoms with Crippen LogP contribution >= 0.6 is 0 Å². The van der Waals surface area contributed by atoms with Crippen LogP contribution in [-0.2, 0) is 6.42 Å². The fraction of sp³-hybridized carbons (Fsp3) is 0.250. The molecule has 0 spiro atoms. The summed E-state index contributed by atoms with van der Waals surface area (Å²) in [4.78, 5) is 0. The summed E-state index contributed by atoms with van der Waals surface area (Å²) in [5.74, 6) is 4.86. The molecule has 0 aliphatic heterocycles. The number of hydrogen-bond acceptors (Lipinski definition) is 3. The standard InChI is InChI=1S/C16H18F2N2O/c1-10-6-7-12(13(17)8-10)14(20-19)9-11-4-3-5-15(21-2)16(11)18/h3-8,14,20H,9,19H2,1-2H3. The maximum atomic E-state index is 14.2. The molecule has 0 heterocycles. The summed E-state index contributed by atoms with van der Waals surface area (Å²) in [7, 11) is 1.40. The maximum Gasteiger partial charge on any atom is 0.168 e. The Kier molecular flexibility index (Phi) is 4.88. The van der Waals surface area contributed by atoms with E-state index in [1.165, 1.54) is 19.2 Å². The SMILES string of the molecule is COc1cccc(CC(NN)c2ccc(C)cc2F)c1F. The molecule has 5 heteroatoms. The summed E-state index contributed by atoms with van der Waals surface area (Å²) in [5, 5.41) is 0. The monoisotopic (exact) mass is 292 g/mol. The largest absolute Gasteiger partial charge is 0.494 e. The molecule has 0 amide bonds. The molecule has 0 bridgehead atoms. The zero-order valence-corrected chi connectivity index (χ0v) is 12.0. The molecule has 0 saturated carbocycles. The molecule has 3 nitrogen and oxygen atoms in total. The number of aryl methyl sites for hydroxylation is 1. The average Bonchev–Trinajstić information content (AvgIpc) is 2.47. The van der Waals surface area contributed by atoms with Gasteiger partial charge in [0.25, 0.3) is 0 Å². The Morgan fingerprint density at radius 2 is 2.00 bits per heavy atom. The summed E-state index contributed by atoms with van der Waals surface area (Å²) < 4.78 is 33.1. The average molecular weight is 292 g/mol. The molecule has 2 rings (SSSR count). The van der Waals surface area contributed by atoms with Crippen LogP contribution in [0.5, 0.6) is 5.75 Å². The van der Waals surface area contributed by atoms with Crippen molar-refractivity contribution in [2.75, 3.05) is 7.11 Å². The van der Waals surface area contributed by atoms with Gasteiger partial charge in [0, 0.05) is 5.56 Å². The van der Waals surface area contributed by atoms with Gasteiger partial charge in [-0.25, -0.2) is 8.78 Å². The first-order valence-electron chi connectivity index (χ1n) is 6.60. The Balaban J connectivity index is 2.31. The van der Waals surface area contributed by atoms with Crippen molar-refractivity contribution in [3.8, 4) is 5.75 Å². The summed E-state index contributed by atoms with van der Waals surface area (Å²) in [6.07, 6.45) is 0.222. The number of hydrazine groups is 1. The highest BCUT2D eigenvalue weighted by Gasteiger charge is 2.18. The van der Waals surface area contributed by atoms with E-state index >= 15 is 0 Å². The fourth-order valence-electron chi connectivity index (χ4n) is 2.26. The van der Waals surface area contributed by atoms with Gasteiger partial charge in [0.2, 0.25) is 0 Å². The van der Waals surface area contributed by atoms with E-state index in [1.807, 2.05) is 0 Å². The highest BCUT2D eigenvalue weighted by atomic mass is 19.1. The van der Waals surface area contributed by atoms with Crippen LogP contribution in [0.1, 0.15) is 22.7 Å². The topological polar surface area (TPSA) is 47.3 Å². The maximum absolute atomic E-state index is 14.2. The number of ether oxygens (including phenoxy) is 1. The van der Waals surface area contributed by atoms with E-state index in [-0.39, 0.29) is 18.0 Å². The molecule has 1 unspecified atom stereocenters. The van der Waals surface area contributed by atoms with Crippen LogP contribution in [0.3, 0.4) is 0 Å². The number of nitrogens with one attached hydrogen (secondary N) is 1. The third-order valence-corrected chi connectivity index (χ3v) is 3.42. The van der Waals surface area contributed by atoms with Crippen molar-refractivity contribution in [2.45, 2.75) is 19.4 Å². The number of rotatable bonds is 5. The molecule has 3 N–H and O–H groups in total. The predicted molar refractivity (Wildman–Crippen MR) is 77.9 cm³/mol. The van der Waals surface area contributed by atoms with Gasteiger partial charge in [-0.05, 0) is 36.6 Å². The van der Waals surface area contributed by atoms with Crippen LogP contribution in [0.2, 0.25) is 0 Å². The quantitative estimate of drug-likeness (QED) is 0.658. The predicted octanol–water partition coefficient (Wildman–Crippen LogP) is 3.03. The second-order valence-corrected chi connectivity index (χ2v) is 4.88. The van der Waals surface area contributed by atoms with Gasteiger partial charge in [-0.3, -0.25) is 11.3 Å². The number of methoxy groups -OCH3 is 1. The molecular formula is C16H18F2N2O. The third-order valence-electron chi connectivity index (χ3n) is 3.42. The van der Waals surface area contributed by atoms with Crippen molar-refractivity contribution in [3.05, 3.63) is 64.7 Å². The highest BCUT2D eigenvalue weighted by Crippen LogP contribution is 2.26. The van der Waals surface area contributed by atoms with Gasteiger partial charge in [0.15, 0.2) is 11.6 Å². The van der Waals surface area contributed by atoms with Crippen LogP contribution in [0.15, 0.2) is 36.4 Å². The van der Waals surface area contributed by atoms with Crippen molar-refractivity contribution in [3.63, 3.8) is 0 Å². The summed E-state index contributed by atoms with van der Waals surface area (Å²) in [5.41, 5.74) is 4.19. The van der Waals surface area contributed by atoms with Crippen LogP contribution in [0.25, 0.3) is 0 Å². The van der Waals surface area contributed by atoms with E-state index in [4.69, 9.17) is 10.6 Å². The van der Waals surface area contributed by atoms with Gasteiger partial charge < -0.3 is 4.74 Å². The molecule has 2 aromatic carbocycles. The number of nitrogens with two attached hydrogens (primary N) is 1. The van der Waals surface area contributed by atoms with Crippen molar-refractivity contribution >= 4 is 0 Å². The summed E-state index contributed by atoms with van der Waals surface area (Å²) in [6, 6.07) is 9.23. The van der Waals surface area contributed by atoms with Crippen LogP contribution in [0.4, 0.5) is 8.78 Å². The van der Waals surface area contributed by atoms with E-state index in [0.717, 1.165) is 5.56 Å². The number of halogens is 2. The van der Waals surface area contributed by atoms with Crippen LogP contribution < -0.4 is 16.0 Å². The molecule has 21 heavy (non-hydrogen) atoms. The third kappa shape index (κ3) is 3.37. The lowest BCUT2D eigenvalue weighted by molar-refractivity contribution is 0.382. The normalized spacial score (nSPS) is 12.2. The van der Waals surface area contributed by atoms with Gasteiger partial charge in [0.05, 0.1) is 13.2 Å². The van der Waals surface area contributed by atoms with E-state index in [2.05, 4.69) is 5.43 Å². The van der Waals surface area contributed by atoms with Crippen LogP contribution in [0, 0.1) is 18.6 Å². The molecule has 0 fully saturated rings. The van der Waals surface area contributed by atoms with Crippen molar-refractivity contribution in [2.24, 2.45) is 5.84 Å². The second kappa shape index (κ2) is 6.65. The smallest absolute Gasteiger partial charge is 0.168 e. The van der Waals surface area contributed by atoms with Gasteiger partial charge >= 0.3 is 0 Å². The minimum absolute atomic E-state index is 0.160. The van der Waals surface area contributed by atoms with Crippen molar-refractivity contribution in [1.29, 1.82) is 0 Å². The molecule has 112 valence electrons. The first kappa shape index (κ1) is 15.4. The Bertz CT molecular complexity index is 632. The number of hydrogen-bond donors (Lipinski definition) is 2. The lowest BCUT2D eigenvalue weighted by Crippen LogP contribution is -2.30. The zero-order chi connectivity index (χ0) is 15.4. The van der Waals surface area contributed by atoms with Gasteiger partial charge in [-0.15, -0.1) is 0 Å². The molecule has 0 aromatic heterocycles. The summed E-state index contributed by atoms with van der Waals surface area (Å²) >= 11 is 0. The summed E-state index contributed by atoms with van der Waals surface area (Å²) in [6.45, 7) is 1.81. The van der Waals surface area contributed by atoms with E-state index < -0.39 is 11.9 Å². The first-order chi connectivity index (χ1) is 10.1. The Morgan fingerprint density at radius 1 is 1.24 bits per heavy atom. The van der Waals surface area contributed by atoms with Gasteiger partial charge in [-0.2, -0.15) is 0 Å². The zero-order valence-electron chi connectivity index (χ0n) is 12.0. The minimum Gasteiger partial charge on any atom is -0.494 e. The Morgan fingerprint density at radius 3 is 2.62 bits per heavy atom. The first-order valence-corrected chi connectivity index (χ1v) is 6.60. The molecule has 2 aromatic rings. The second-order valence-electron chi connectivity index (χ2n) is 4.88. The Labute approximate surface area is 122 Å². The van der Waals surface area contributed by atoms with Crippen molar-refractivity contribution in [1.82, 2.24) is 5.43 Å². The number of benzene rings is 2. The van der Waals surface area contributed by atoms with Gasteiger partial charge in [-0.1, -0.05) is 24.3 Å². The van der Waals surface area contributed by atoms with E-state index in [9.17, 15) is 8.78 Å². The van der Waals surface area contributed by atoms with E-state index in [1.54, 1.807) is 31.2 Å². The van der Waals surface area contributed by atoms with E-state index in [0.29, 0.717) is 11.1 Å². The molecule has 0 saturated heterocycles. The van der Waals surface area contributed by atoms with Crippen molar-refractivity contribution < 1.29 is 13.5 Å². The molecule has 0 aliphatic rings. The minimum atomic E-state index is -0.521. The van der Waals surface area contributed by atoms with Gasteiger partial charge in [0.1, 0.15) is 5.82 Å². The van der Waals surface area contributed by atoms with Crippen LogP contribution in [-0.4, -0.2) is 7.11 Å². The Hall–Kier alpha value is -1.98. The lowest BCUT2D eigenvalue weighted by atomic mass is 9.97. The lowest BCUT2D eigenvalue weighted by Gasteiger charge is -2.18. The highest BCUT2D eigenvalue weighted by molar-refractivity contribution is 5.33. The molecule has 0 radical (unpaired) electrons. The fourth-order valence-corrected chi connectivity index (χ4v) is 2.26. The molecular weight excluding hydrogens is 274 g/mol. The molecule has 0 aliphatic carbocycles.